The van der Waals surface area contributed by atoms with E-state index in [-0.39, 0.29) is 0 Å². The Hall–Kier alpha value is -7.68. The lowest BCUT2D eigenvalue weighted by Crippen LogP contribution is -2.23. The fourth-order valence-electron chi connectivity index (χ4n) is 7.57. The quantitative estimate of drug-likeness (QED) is 0.0793. The molecule has 0 spiro atoms. The maximum Gasteiger partial charge on any atom is 0.296 e. The summed E-state index contributed by atoms with van der Waals surface area (Å²) in [5.41, 5.74) is 6.29. The van der Waals surface area contributed by atoms with E-state index in [1.807, 2.05) is 95.8 Å². The van der Waals surface area contributed by atoms with E-state index < -0.39 is 23.4 Å². The third-order valence-corrected chi connectivity index (χ3v) is 11.5. The summed E-state index contributed by atoms with van der Waals surface area (Å²) in [5.74, 6) is -0.967. The number of halogens is 2. The van der Waals surface area contributed by atoms with Crippen LogP contribution >= 0.6 is 23.2 Å². The number of fused-ring (bicyclic) bond motifs is 2. The highest BCUT2D eigenvalue weighted by Gasteiger charge is 2.28. The molecule has 4 aromatic carbocycles. The first kappa shape index (κ1) is 46.3. The molecule has 14 nitrogen and oxygen atoms in total. The standard InChI is InChI=1S/2C25H22ClN3O4/c1-15-23(24(30)25(31)28-18-9-10-27-22(12-18)33-3)20-13-19(32-2)7-8-21(20)29(15)14-16-5-4-6-17(26)11-16;1-15-23(24(30)25(31)28-17-10-11-27-22(12-17)33-3)19-13-18(32-2)8-9-21(19)29(15)14-16-6-4-5-7-20(16)26/h2*4-13H,14H2,1-3H3,(H,27,28,31). The highest BCUT2D eigenvalue weighted by atomic mass is 35.5. The van der Waals surface area contributed by atoms with Crippen molar-refractivity contribution >= 4 is 79.8 Å². The Balaban J connectivity index is 0.000000196. The van der Waals surface area contributed by atoms with Crippen molar-refractivity contribution in [2.75, 3.05) is 39.1 Å². The number of anilines is 2. The first-order chi connectivity index (χ1) is 31.8. The van der Waals surface area contributed by atoms with Crippen LogP contribution in [-0.2, 0) is 22.7 Å². The Morgan fingerprint density at radius 2 is 1.06 bits per heavy atom. The molecule has 8 aromatic rings. The molecule has 0 unspecified atom stereocenters. The van der Waals surface area contributed by atoms with Crippen molar-refractivity contribution in [3.05, 3.63) is 165 Å². The van der Waals surface area contributed by atoms with Crippen molar-refractivity contribution in [1.29, 1.82) is 0 Å². The first-order valence-electron chi connectivity index (χ1n) is 20.4. The number of carbonyl (C=O) groups excluding carboxylic acids is 4. The van der Waals surface area contributed by atoms with E-state index in [1.165, 1.54) is 26.6 Å². The highest BCUT2D eigenvalue weighted by molar-refractivity contribution is 6.49. The van der Waals surface area contributed by atoms with Gasteiger partial charge >= 0.3 is 0 Å². The molecule has 4 heterocycles. The van der Waals surface area contributed by atoms with Gasteiger partial charge < -0.3 is 38.7 Å². The first-order valence-corrected chi connectivity index (χ1v) is 21.1. The summed E-state index contributed by atoms with van der Waals surface area (Å²) in [5, 5.41) is 7.80. The summed E-state index contributed by atoms with van der Waals surface area (Å²) in [6.07, 6.45) is 2.98. The van der Waals surface area contributed by atoms with Crippen molar-refractivity contribution in [2.45, 2.75) is 26.9 Å². The zero-order chi connectivity index (χ0) is 47.1. The third-order valence-electron chi connectivity index (χ3n) is 10.8. The number of aromatic nitrogens is 4. The van der Waals surface area contributed by atoms with Crippen LogP contribution in [0.2, 0.25) is 10.0 Å². The van der Waals surface area contributed by atoms with Gasteiger partial charge in [0.05, 0.1) is 39.6 Å². The second-order valence-corrected chi connectivity index (χ2v) is 15.7. The van der Waals surface area contributed by atoms with Crippen LogP contribution in [0.15, 0.2) is 122 Å². The molecule has 0 bridgehead atoms. The lowest BCUT2D eigenvalue weighted by molar-refractivity contribution is -0.113. The Morgan fingerprint density at radius 3 is 1.53 bits per heavy atom. The molecular weight excluding hydrogens is 883 g/mol. The number of hydrogen-bond acceptors (Lipinski definition) is 10. The predicted molar refractivity (Wildman–Crippen MR) is 255 cm³/mol. The van der Waals surface area contributed by atoms with Gasteiger partial charge in [-0.1, -0.05) is 53.5 Å². The highest BCUT2D eigenvalue weighted by Crippen LogP contribution is 2.33. The average molecular weight is 928 g/mol. The maximum absolute atomic E-state index is 13.3. The number of hydrogen-bond donors (Lipinski definition) is 2. The summed E-state index contributed by atoms with van der Waals surface area (Å²) in [6.45, 7) is 4.59. The van der Waals surface area contributed by atoms with Crippen LogP contribution in [0.3, 0.4) is 0 Å². The summed E-state index contributed by atoms with van der Waals surface area (Å²) in [7, 11) is 6.07. The van der Waals surface area contributed by atoms with Crippen LogP contribution in [-0.4, -0.2) is 70.9 Å². The van der Waals surface area contributed by atoms with Crippen LogP contribution in [0.5, 0.6) is 23.3 Å². The minimum absolute atomic E-state index is 0.314. The Labute approximate surface area is 390 Å². The molecule has 16 heteroatoms. The van der Waals surface area contributed by atoms with E-state index in [4.69, 9.17) is 42.1 Å². The minimum atomic E-state index is -0.758. The lowest BCUT2D eigenvalue weighted by atomic mass is 10.1. The average Bonchev–Trinajstić information content (AvgIpc) is 3.76. The van der Waals surface area contributed by atoms with Gasteiger partial charge in [-0.2, -0.15) is 0 Å². The van der Waals surface area contributed by atoms with Crippen molar-refractivity contribution < 1.29 is 38.1 Å². The van der Waals surface area contributed by atoms with Crippen LogP contribution < -0.4 is 29.6 Å². The summed E-state index contributed by atoms with van der Waals surface area (Å²) in [6, 6.07) is 32.3. The van der Waals surface area contributed by atoms with E-state index in [0.29, 0.717) is 91.1 Å². The number of nitrogens with one attached hydrogen (secondary N) is 2. The van der Waals surface area contributed by atoms with Gasteiger partial charge in [-0.15, -0.1) is 0 Å². The number of pyridine rings is 2. The predicted octanol–water partition coefficient (Wildman–Crippen LogP) is 9.77. The maximum atomic E-state index is 13.3. The number of ether oxygens (including phenoxy) is 4. The molecular formula is C50H44Cl2N6O8. The number of carbonyl (C=O) groups is 4. The number of methoxy groups -OCH3 is 4. The molecule has 0 aliphatic rings. The van der Waals surface area contributed by atoms with Crippen LogP contribution in [0.25, 0.3) is 21.8 Å². The molecule has 0 atom stereocenters. The summed E-state index contributed by atoms with van der Waals surface area (Å²) in [4.78, 5) is 60.5. The topological polar surface area (TPSA) is 165 Å². The summed E-state index contributed by atoms with van der Waals surface area (Å²) < 4.78 is 24.9. The van der Waals surface area contributed by atoms with Gasteiger partial charge in [0, 0.05) is 92.2 Å². The Bertz CT molecular complexity index is 3140. The number of nitrogens with zero attached hydrogens (tertiary/aromatic N) is 4. The molecule has 0 saturated heterocycles. The van der Waals surface area contributed by atoms with Crippen molar-refractivity contribution in [3.8, 4) is 23.3 Å². The van der Waals surface area contributed by atoms with Gasteiger partial charge in [0.15, 0.2) is 0 Å². The van der Waals surface area contributed by atoms with Crippen LogP contribution in [0.1, 0.15) is 43.2 Å². The fraction of sp³-hybridized carbons (Fsp3) is 0.160. The molecule has 0 saturated carbocycles. The van der Waals surface area contributed by atoms with Gasteiger partial charge in [0.2, 0.25) is 11.8 Å². The van der Waals surface area contributed by atoms with Crippen molar-refractivity contribution in [2.24, 2.45) is 0 Å². The van der Waals surface area contributed by atoms with Gasteiger partial charge in [-0.3, -0.25) is 19.2 Å². The SMILES string of the molecule is COc1ccc2c(c1)c(C(=O)C(=O)Nc1ccnc(OC)c1)c(C)n2Cc1cccc(Cl)c1.COc1ccc2c(c1)c(C(=O)C(=O)Nc1ccnc(OC)c1)c(C)n2Cc1ccccc1Cl. The van der Waals surface area contributed by atoms with Gasteiger partial charge in [-0.25, -0.2) is 9.97 Å². The number of rotatable bonds is 14. The van der Waals surface area contributed by atoms with E-state index in [1.54, 1.807) is 50.6 Å². The number of ketones is 2. The van der Waals surface area contributed by atoms with Crippen LogP contribution in [0.4, 0.5) is 11.4 Å². The van der Waals surface area contributed by atoms with Crippen LogP contribution in [0, 0.1) is 13.8 Å². The minimum Gasteiger partial charge on any atom is -0.497 e. The molecule has 4 aromatic heterocycles. The fourth-order valence-corrected chi connectivity index (χ4v) is 7.98. The van der Waals surface area contributed by atoms with E-state index in [0.717, 1.165) is 22.2 Å². The second kappa shape index (κ2) is 20.4. The smallest absolute Gasteiger partial charge is 0.296 e. The zero-order valence-corrected chi connectivity index (χ0v) is 38.3. The van der Waals surface area contributed by atoms with Gasteiger partial charge in [-0.05, 0) is 91.7 Å². The lowest BCUT2D eigenvalue weighted by Gasteiger charge is -2.10. The van der Waals surface area contributed by atoms with Gasteiger partial charge in [0.25, 0.3) is 23.4 Å². The molecule has 2 amide bonds. The normalized spacial score (nSPS) is 10.8. The molecule has 336 valence electrons. The summed E-state index contributed by atoms with van der Waals surface area (Å²) >= 11 is 12.5. The molecule has 66 heavy (non-hydrogen) atoms. The molecule has 0 radical (unpaired) electrons. The molecule has 8 rings (SSSR count). The van der Waals surface area contributed by atoms with Crippen molar-refractivity contribution in [3.63, 3.8) is 0 Å². The van der Waals surface area contributed by atoms with E-state index in [9.17, 15) is 19.2 Å². The number of benzene rings is 4. The molecule has 0 fully saturated rings. The Kier molecular flexibility index (Phi) is 14.3. The number of amides is 2. The Morgan fingerprint density at radius 1 is 0.561 bits per heavy atom. The monoisotopic (exact) mass is 926 g/mol. The van der Waals surface area contributed by atoms with E-state index >= 15 is 0 Å². The molecule has 0 aliphatic heterocycles. The number of Topliss-reactive ketones (excluding diaryl/α,β-unsaturated/α-hetero) is 2. The van der Waals surface area contributed by atoms with Gasteiger partial charge in [0.1, 0.15) is 11.5 Å². The zero-order valence-electron chi connectivity index (χ0n) is 36.8. The second-order valence-electron chi connectivity index (χ2n) is 14.8. The molecule has 0 aliphatic carbocycles. The third kappa shape index (κ3) is 9.99. The molecule has 2 N–H and O–H groups in total. The van der Waals surface area contributed by atoms with E-state index in [2.05, 4.69) is 20.6 Å². The van der Waals surface area contributed by atoms with Crippen molar-refractivity contribution in [1.82, 2.24) is 19.1 Å². The largest absolute Gasteiger partial charge is 0.497 e.